The lowest BCUT2D eigenvalue weighted by Gasteiger charge is -2.09. The highest BCUT2D eigenvalue weighted by molar-refractivity contribution is 7.90. The lowest BCUT2D eigenvalue weighted by atomic mass is 10.4. The van der Waals surface area contributed by atoms with Crippen molar-refractivity contribution in [2.75, 3.05) is 12.0 Å². The first kappa shape index (κ1) is 11.7. The van der Waals surface area contributed by atoms with Gasteiger partial charge in [0, 0.05) is 37.3 Å². The van der Waals surface area contributed by atoms with Gasteiger partial charge >= 0.3 is 0 Å². The third-order valence-corrected chi connectivity index (χ3v) is 3.70. The summed E-state index contributed by atoms with van der Waals surface area (Å²) in [4.78, 5) is 0. The number of rotatable bonds is 6. The van der Waals surface area contributed by atoms with Crippen molar-refractivity contribution >= 4 is 9.84 Å². The minimum atomic E-state index is -2.88. The number of aromatic nitrogens is 1. The average molecular weight is 242 g/mol. The highest BCUT2D eigenvalue weighted by atomic mass is 32.2. The van der Waals surface area contributed by atoms with Crippen LogP contribution >= 0.6 is 0 Å². The van der Waals surface area contributed by atoms with Gasteiger partial charge in [-0.25, -0.2) is 8.42 Å². The van der Waals surface area contributed by atoms with Crippen LogP contribution in [0, 0.1) is 0 Å². The molecular weight excluding hydrogens is 224 g/mol. The summed E-state index contributed by atoms with van der Waals surface area (Å²) in [7, 11) is -2.88. The van der Waals surface area contributed by atoms with Crippen molar-refractivity contribution in [3.8, 4) is 0 Å². The maximum Gasteiger partial charge on any atom is 0.149 e. The molecule has 1 N–H and O–H groups in total. The number of nitrogens with one attached hydrogen (secondary N) is 1. The summed E-state index contributed by atoms with van der Waals surface area (Å²) in [5, 5.41) is 3.43. The Morgan fingerprint density at radius 1 is 1.50 bits per heavy atom. The Morgan fingerprint density at radius 2 is 2.25 bits per heavy atom. The number of aryl methyl sites for hydroxylation is 1. The zero-order chi connectivity index (χ0) is 11.6. The van der Waals surface area contributed by atoms with Crippen molar-refractivity contribution in [2.24, 2.45) is 0 Å². The standard InChI is InChI=1S/C11H18N2O2S/c1-16(14,15)8-7-13-6-2-3-11(13)9-12-10-4-5-10/h2-3,6,10,12H,4-5,7-9H2,1H3. The van der Waals surface area contributed by atoms with E-state index in [0.29, 0.717) is 12.6 Å². The number of nitrogens with zero attached hydrogens (tertiary/aromatic N) is 1. The molecule has 0 saturated heterocycles. The monoisotopic (exact) mass is 242 g/mol. The van der Waals surface area contributed by atoms with Crippen LogP contribution in [0.3, 0.4) is 0 Å². The molecule has 1 saturated carbocycles. The number of hydrogen-bond donors (Lipinski definition) is 1. The summed E-state index contributed by atoms with van der Waals surface area (Å²) in [6.07, 6.45) is 5.75. The fraction of sp³-hybridized carbons (Fsp3) is 0.636. The molecule has 0 radical (unpaired) electrons. The molecule has 90 valence electrons. The topological polar surface area (TPSA) is 51.1 Å². The van der Waals surface area contributed by atoms with Crippen molar-refractivity contribution in [1.82, 2.24) is 9.88 Å². The van der Waals surface area contributed by atoms with Crippen LogP contribution in [0.15, 0.2) is 18.3 Å². The van der Waals surface area contributed by atoms with E-state index in [0.717, 1.165) is 12.2 Å². The Bertz CT molecular complexity index is 446. The molecule has 1 fully saturated rings. The van der Waals surface area contributed by atoms with E-state index < -0.39 is 9.84 Å². The molecule has 0 amide bonds. The van der Waals surface area contributed by atoms with Crippen LogP contribution in [0.2, 0.25) is 0 Å². The van der Waals surface area contributed by atoms with Crippen molar-refractivity contribution in [2.45, 2.75) is 32.0 Å². The second-order valence-corrected chi connectivity index (χ2v) is 6.74. The van der Waals surface area contributed by atoms with Gasteiger partial charge in [0.1, 0.15) is 9.84 Å². The molecule has 1 aromatic heterocycles. The van der Waals surface area contributed by atoms with Crippen molar-refractivity contribution in [1.29, 1.82) is 0 Å². The molecular formula is C11H18N2O2S. The Morgan fingerprint density at radius 3 is 2.88 bits per heavy atom. The van der Waals surface area contributed by atoms with Crippen LogP contribution in [-0.4, -0.2) is 31.0 Å². The molecule has 0 aliphatic heterocycles. The quantitative estimate of drug-likeness (QED) is 0.802. The summed E-state index contributed by atoms with van der Waals surface area (Å²) in [5.74, 6) is 0.206. The third-order valence-electron chi connectivity index (χ3n) is 2.78. The van der Waals surface area contributed by atoms with Gasteiger partial charge in [-0.15, -0.1) is 0 Å². The first-order valence-corrected chi connectivity index (χ1v) is 7.66. The highest BCUT2D eigenvalue weighted by Gasteiger charge is 2.20. The molecule has 0 bridgehead atoms. The van der Waals surface area contributed by atoms with Gasteiger partial charge in [0.25, 0.3) is 0 Å². The minimum Gasteiger partial charge on any atom is -0.349 e. The Labute approximate surface area is 96.6 Å². The van der Waals surface area contributed by atoms with E-state index in [9.17, 15) is 8.42 Å². The van der Waals surface area contributed by atoms with Crippen LogP contribution in [-0.2, 0) is 22.9 Å². The van der Waals surface area contributed by atoms with Crippen LogP contribution in [0.1, 0.15) is 18.5 Å². The molecule has 5 heteroatoms. The maximum atomic E-state index is 11.1. The average Bonchev–Trinajstić information content (AvgIpc) is 2.90. The van der Waals surface area contributed by atoms with Crippen molar-refractivity contribution < 1.29 is 8.42 Å². The lowest BCUT2D eigenvalue weighted by molar-refractivity contribution is 0.587. The molecule has 16 heavy (non-hydrogen) atoms. The molecule has 1 aliphatic carbocycles. The van der Waals surface area contributed by atoms with Crippen LogP contribution in [0.5, 0.6) is 0 Å². The van der Waals surface area contributed by atoms with Crippen molar-refractivity contribution in [3.05, 3.63) is 24.0 Å². The summed E-state index contributed by atoms with van der Waals surface area (Å²) in [6.45, 7) is 1.38. The lowest BCUT2D eigenvalue weighted by Crippen LogP contribution is -2.19. The fourth-order valence-electron chi connectivity index (χ4n) is 1.63. The predicted molar refractivity (Wildman–Crippen MR) is 64.0 cm³/mol. The van der Waals surface area contributed by atoms with Crippen LogP contribution in [0.25, 0.3) is 0 Å². The van der Waals surface area contributed by atoms with E-state index in [4.69, 9.17) is 0 Å². The molecule has 1 aromatic rings. The SMILES string of the molecule is CS(=O)(=O)CCn1cccc1CNC1CC1. The number of hydrogen-bond acceptors (Lipinski definition) is 3. The second kappa shape index (κ2) is 4.59. The van der Waals surface area contributed by atoms with E-state index in [1.165, 1.54) is 19.1 Å². The molecule has 0 aromatic carbocycles. The Hall–Kier alpha value is -0.810. The van der Waals surface area contributed by atoms with E-state index in [2.05, 4.69) is 5.32 Å². The van der Waals surface area contributed by atoms with E-state index >= 15 is 0 Å². The fourth-order valence-corrected chi connectivity index (χ4v) is 2.16. The van der Waals surface area contributed by atoms with Crippen LogP contribution in [0.4, 0.5) is 0 Å². The van der Waals surface area contributed by atoms with Gasteiger partial charge in [-0.3, -0.25) is 0 Å². The highest BCUT2D eigenvalue weighted by Crippen LogP contribution is 2.19. The first-order valence-electron chi connectivity index (χ1n) is 5.60. The van der Waals surface area contributed by atoms with Crippen molar-refractivity contribution in [3.63, 3.8) is 0 Å². The molecule has 0 unspecified atom stereocenters. The van der Waals surface area contributed by atoms with Gasteiger partial charge in [-0.1, -0.05) is 0 Å². The van der Waals surface area contributed by atoms with E-state index in [1.54, 1.807) is 0 Å². The maximum absolute atomic E-state index is 11.1. The predicted octanol–water partition coefficient (Wildman–Crippen LogP) is 0.785. The third kappa shape index (κ3) is 3.64. The summed E-state index contributed by atoms with van der Waals surface area (Å²) in [6, 6.07) is 4.68. The molecule has 1 aliphatic rings. The van der Waals surface area contributed by atoms with Gasteiger partial charge in [0.15, 0.2) is 0 Å². The molecule has 4 nitrogen and oxygen atoms in total. The molecule has 0 spiro atoms. The molecule has 2 rings (SSSR count). The zero-order valence-corrected chi connectivity index (χ0v) is 10.3. The van der Waals surface area contributed by atoms with Crippen LogP contribution < -0.4 is 5.32 Å². The van der Waals surface area contributed by atoms with E-state index in [1.807, 2.05) is 22.9 Å². The van der Waals surface area contributed by atoms with Gasteiger partial charge in [-0.05, 0) is 25.0 Å². The summed E-state index contributed by atoms with van der Waals surface area (Å²) >= 11 is 0. The Balaban J connectivity index is 1.89. The summed E-state index contributed by atoms with van der Waals surface area (Å²) < 4.78 is 24.2. The molecule has 1 heterocycles. The van der Waals surface area contributed by atoms with Gasteiger partial charge in [0.2, 0.25) is 0 Å². The second-order valence-electron chi connectivity index (χ2n) is 4.48. The zero-order valence-electron chi connectivity index (χ0n) is 9.52. The smallest absolute Gasteiger partial charge is 0.149 e. The number of sulfone groups is 1. The summed E-state index contributed by atoms with van der Waals surface area (Å²) in [5.41, 5.74) is 1.16. The van der Waals surface area contributed by atoms with Gasteiger partial charge in [0.05, 0.1) is 5.75 Å². The van der Waals surface area contributed by atoms with E-state index in [-0.39, 0.29) is 5.75 Å². The normalized spacial score (nSPS) is 16.6. The first-order chi connectivity index (χ1) is 7.54. The largest absolute Gasteiger partial charge is 0.349 e. The Kier molecular flexibility index (Phi) is 3.35. The van der Waals surface area contributed by atoms with Gasteiger partial charge < -0.3 is 9.88 Å². The minimum absolute atomic E-state index is 0.206. The van der Waals surface area contributed by atoms with Gasteiger partial charge in [-0.2, -0.15) is 0 Å². The molecule has 0 atom stereocenters.